The number of rotatable bonds is 4. The van der Waals surface area contributed by atoms with Crippen LogP contribution >= 0.6 is 11.3 Å². The number of aryl methyl sites for hydroxylation is 1. The smallest absolute Gasteiger partial charge is 0.253 e. The van der Waals surface area contributed by atoms with Crippen LogP contribution in [0.3, 0.4) is 0 Å². The molecule has 112 valence electrons. The van der Waals surface area contributed by atoms with Crippen LogP contribution in [-0.2, 0) is 6.54 Å². The summed E-state index contributed by atoms with van der Waals surface area (Å²) in [5.41, 5.74) is 1.66. The van der Waals surface area contributed by atoms with Crippen molar-refractivity contribution in [2.45, 2.75) is 13.5 Å². The lowest BCUT2D eigenvalue weighted by Crippen LogP contribution is -2.25. The monoisotopic (exact) mass is 311 g/mol. The van der Waals surface area contributed by atoms with Gasteiger partial charge in [-0.3, -0.25) is 4.79 Å². The van der Waals surface area contributed by atoms with E-state index in [9.17, 15) is 4.79 Å². The maximum absolute atomic E-state index is 12.4. The van der Waals surface area contributed by atoms with E-state index in [0.29, 0.717) is 12.1 Å². The summed E-state index contributed by atoms with van der Waals surface area (Å²) in [5.74, 6) is 1.73. The molecule has 0 atom stereocenters. The highest BCUT2D eigenvalue weighted by Crippen LogP contribution is 2.22. The number of furan rings is 1. The lowest BCUT2D eigenvalue weighted by atomic mass is 10.1. The van der Waals surface area contributed by atoms with E-state index in [0.717, 1.165) is 17.1 Å². The van der Waals surface area contributed by atoms with Gasteiger partial charge in [0, 0.05) is 23.1 Å². The Morgan fingerprint density at radius 1 is 1.14 bits per heavy atom. The van der Waals surface area contributed by atoms with Gasteiger partial charge in [-0.25, -0.2) is 0 Å². The minimum Gasteiger partial charge on any atom is -0.461 e. The second-order valence-electron chi connectivity index (χ2n) is 5.23. The van der Waals surface area contributed by atoms with Gasteiger partial charge in [-0.2, -0.15) is 0 Å². The fourth-order valence-corrected chi connectivity index (χ4v) is 3.05. The number of hydrogen-bond donors (Lipinski definition) is 0. The first-order chi connectivity index (χ1) is 10.6. The molecule has 0 aliphatic carbocycles. The zero-order chi connectivity index (χ0) is 15.5. The van der Waals surface area contributed by atoms with Crippen molar-refractivity contribution < 1.29 is 9.21 Å². The molecular formula is C18H17NO2S. The number of amides is 1. The van der Waals surface area contributed by atoms with Crippen molar-refractivity contribution in [2.24, 2.45) is 0 Å². The Labute approximate surface area is 133 Å². The maximum Gasteiger partial charge on any atom is 0.253 e. The SMILES string of the molecule is Cc1ccc(-c2ccc(C(=O)N(C)Cc3cccs3)cc2)o1. The largest absolute Gasteiger partial charge is 0.461 e. The standard InChI is InChI=1S/C18H17NO2S/c1-13-5-10-17(21-13)14-6-8-15(9-7-14)18(20)19(2)12-16-4-3-11-22-16/h3-11H,12H2,1-2H3. The Hall–Kier alpha value is -2.33. The van der Waals surface area contributed by atoms with E-state index in [1.165, 1.54) is 4.88 Å². The third-order valence-electron chi connectivity index (χ3n) is 3.48. The molecule has 0 bridgehead atoms. The molecule has 22 heavy (non-hydrogen) atoms. The second kappa shape index (κ2) is 6.20. The Bertz CT molecular complexity index is 757. The number of carbonyl (C=O) groups excluding carboxylic acids is 1. The molecule has 0 saturated heterocycles. The zero-order valence-corrected chi connectivity index (χ0v) is 13.4. The normalized spacial score (nSPS) is 10.6. The highest BCUT2D eigenvalue weighted by Gasteiger charge is 2.13. The van der Waals surface area contributed by atoms with Gasteiger partial charge in [0.15, 0.2) is 0 Å². The number of nitrogens with zero attached hydrogens (tertiary/aromatic N) is 1. The van der Waals surface area contributed by atoms with Gasteiger partial charge < -0.3 is 9.32 Å². The third kappa shape index (κ3) is 3.12. The van der Waals surface area contributed by atoms with Crippen LogP contribution in [0.4, 0.5) is 0 Å². The van der Waals surface area contributed by atoms with E-state index in [2.05, 4.69) is 0 Å². The van der Waals surface area contributed by atoms with Gasteiger partial charge >= 0.3 is 0 Å². The lowest BCUT2D eigenvalue weighted by Gasteiger charge is -2.16. The number of benzene rings is 1. The van der Waals surface area contributed by atoms with Crippen molar-refractivity contribution in [3.05, 3.63) is 70.1 Å². The third-order valence-corrected chi connectivity index (χ3v) is 4.34. The topological polar surface area (TPSA) is 33.5 Å². The molecule has 0 N–H and O–H groups in total. The fourth-order valence-electron chi connectivity index (χ4n) is 2.30. The Morgan fingerprint density at radius 2 is 1.91 bits per heavy atom. The van der Waals surface area contributed by atoms with Gasteiger partial charge in [0.25, 0.3) is 5.91 Å². The van der Waals surface area contributed by atoms with Crippen molar-refractivity contribution >= 4 is 17.2 Å². The Morgan fingerprint density at radius 3 is 2.50 bits per heavy atom. The number of carbonyl (C=O) groups is 1. The minimum atomic E-state index is 0.0237. The van der Waals surface area contributed by atoms with Crippen molar-refractivity contribution in [1.29, 1.82) is 0 Å². The molecule has 2 heterocycles. The van der Waals surface area contributed by atoms with Crippen LogP contribution in [0.15, 0.2) is 58.3 Å². The van der Waals surface area contributed by atoms with Gasteiger partial charge in [-0.05, 0) is 42.6 Å². The van der Waals surface area contributed by atoms with Crippen LogP contribution < -0.4 is 0 Å². The van der Waals surface area contributed by atoms with Crippen LogP contribution in [-0.4, -0.2) is 17.9 Å². The molecule has 0 spiro atoms. The van der Waals surface area contributed by atoms with Crippen molar-refractivity contribution in [1.82, 2.24) is 4.90 Å². The summed E-state index contributed by atoms with van der Waals surface area (Å²) in [6, 6.07) is 15.4. The van der Waals surface area contributed by atoms with E-state index in [1.54, 1.807) is 16.2 Å². The number of thiophene rings is 1. The van der Waals surface area contributed by atoms with Crippen molar-refractivity contribution in [2.75, 3.05) is 7.05 Å². The van der Waals surface area contributed by atoms with Gasteiger partial charge in [-0.1, -0.05) is 18.2 Å². The highest BCUT2D eigenvalue weighted by atomic mass is 32.1. The predicted molar refractivity (Wildman–Crippen MR) is 89.0 cm³/mol. The van der Waals surface area contributed by atoms with Gasteiger partial charge in [-0.15, -0.1) is 11.3 Å². The molecular weight excluding hydrogens is 294 g/mol. The van der Waals surface area contributed by atoms with E-state index < -0.39 is 0 Å². The minimum absolute atomic E-state index is 0.0237. The number of hydrogen-bond acceptors (Lipinski definition) is 3. The van der Waals surface area contributed by atoms with Crippen LogP contribution in [0.1, 0.15) is 21.0 Å². The van der Waals surface area contributed by atoms with Crippen molar-refractivity contribution in [3.8, 4) is 11.3 Å². The molecule has 0 fully saturated rings. The summed E-state index contributed by atoms with van der Waals surface area (Å²) < 4.78 is 5.59. The molecule has 3 rings (SSSR count). The highest BCUT2D eigenvalue weighted by molar-refractivity contribution is 7.09. The zero-order valence-electron chi connectivity index (χ0n) is 12.6. The molecule has 0 radical (unpaired) electrons. The van der Waals surface area contributed by atoms with Gasteiger partial charge in [0.2, 0.25) is 0 Å². The lowest BCUT2D eigenvalue weighted by molar-refractivity contribution is 0.0786. The average molecular weight is 311 g/mol. The Kier molecular flexibility index (Phi) is 4.11. The quantitative estimate of drug-likeness (QED) is 0.706. The maximum atomic E-state index is 12.4. The van der Waals surface area contributed by atoms with E-state index >= 15 is 0 Å². The molecule has 0 unspecified atom stereocenters. The fraction of sp³-hybridized carbons (Fsp3) is 0.167. The molecule has 3 nitrogen and oxygen atoms in total. The predicted octanol–water partition coefficient (Wildman–Crippen LogP) is 4.59. The molecule has 0 saturated carbocycles. The van der Waals surface area contributed by atoms with Gasteiger partial charge in [0.1, 0.15) is 11.5 Å². The summed E-state index contributed by atoms with van der Waals surface area (Å²) >= 11 is 1.66. The molecule has 0 aliphatic rings. The molecule has 4 heteroatoms. The van der Waals surface area contributed by atoms with Gasteiger partial charge in [0.05, 0.1) is 6.54 Å². The average Bonchev–Trinajstić information content (AvgIpc) is 3.18. The van der Waals surface area contributed by atoms with Crippen LogP contribution in [0.25, 0.3) is 11.3 Å². The molecule has 1 aromatic carbocycles. The van der Waals surface area contributed by atoms with Crippen LogP contribution in [0.2, 0.25) is 0 Å². The van der Waals surface area contributed by atoms with Crippen molar-refractivity contribution in [3.63, 3.8) is 0 Å². The molecule has 3 aromatic rings. The summed E-state index contributed by atoms with van der Waals surface area (Å²) in [7, 11) is 1.83. The van der Waals surface area contributed by atoms with E-state index in [1.807, 2.05) is 67.9 Å². The van der Waals surface area contributed by atoms with E-state index in [4.69, 9.17) is 4.42 Å². The van der Waals surface area contributed by atoms with E-state index in [-0.39, 0.29) is 5.91 Å². The molecule has 2 aromatic heterocycles. The summed E-state index contributed by atoms with van der Waals surface area (Å²) in [4.78, 5) is 15.3. The summed E-state index contributed by atoms with van der Waals surface area (Å²) in [6.45, 7) is 2.55. The summed E-state index contributed by atoms with van der Waals surface area (Å²) in [6.07, 6.45) is 0. The molecule has 1 amide bonds. The first-order valence-corrected chi connectivity index (χ1v) is 7.96. The Balaban J connectivity index is 1.73. The second-order valence-corrected chi connectivity index (χ2v) is 6.26. The first-order valence-electron chi connectivity index (χ1n) is 7.08. The molecule has 0 aliphatic heterocycles. The van der Waals surface area contributed by atoms with Crippen LogP contribution in [0, 0.1) is 6.92 Å². The van der Waals surface area contributed by atoms with Crippen LogP contribution in [0.5, 0.6) is 0 Å². The first kappa shape index (κ1) is 14.6. The summed E-state index contributed by atoms with van der Waals surface area (Å²) in [5, 5.41) is 2.02.